The van der Waals surface area contributed by atoms with Crippen molar-refractivity contribution in [2.75, 3.05) is 6.54 Å². The van der Waals surface area contributed by atoms with Gasteiger partial charge in [0, 0.05) is 0 Å². The second-order valence-corrected chi connectivity index (χ2v) is 3.92. The van der Waals surface area contributed by atoms with Crippen LogP contribution < -0.4 is 5.73 Å². The molecule has 0 aliphatic rings. The number of nitrogens with two attached hydrogens (primary N) is 1. The van der Waals surface area contributed by atoms with Crippen LogP contribution in [0.1, 0.15) is 17.0 Å². The summed E-state index contributed by atoms with van der Waals surface area (Å²) >= 11 is 0. The molecule has 0 radical (unpaired) electrons. The minimum Gasteiger partial charge on any atom is -0.324 e. The number of hydrogen-bond donors (Lipinski definition) is 1. The molecule has 2 rings (SSSR count). The molecule has 0 spiro atoms. The monoisotopic (exact) mass is 225 g/mol. The van der Waals surface area contributed by atoms with Crippen molar-refractivity contribution in [2.45, 2.75) is 5.92 Å². The zero-order chi connectivity index (χ0) is 12.1. The Hall–Kier alpha value is -1.93. The van der Waals surface area contributed by atoms with Gasteiger partial charge in [-0.3, -0.25) is 4.79 Å². The van der Waals surface area contributed by atoms with E-state index >= 15 is 0 Å². The first-order chi connectivity index (χ1) is 8.33. The molecule has 2 aromatic carbocycles. The van der Waals surface area contributed by atoms with Gasteiger partial charge >= 0.3 is 0 Å². The summed E-state index contributed by atoms with van der Waals surface area (Å²) in [5.41, 5.74) is 7.49. The molecule has 0 fully saturated rings. The minimum absolute atomic E-state index is 0.0439. The molecule has 0 saturated heterocycles. The van der Waals surface area contributed by atoms with Gasteiger partial charge in [-0.1, -0.05) is 60.7 Å². The predicted molar refractivity (Wildman–Crippen MR) is 68.8 cm³/mol. The lowest BCUT2D eigenvalue weighted by atomic mass is 9.88. The minimum atomic E-state index is -0.248. The molecule has 0 amide bonds. The van der Waals surface area contributed by atoms with E-state index in [1.807, 2.05) is 60.7 Å². The molecule has 2 heteroatoms. The number of carbonyl (C=O) groups is 1. The lowest BCUT2D eigenvalue weighted by Gasteiger charge is -2.15. The number of ketones is 1. The van der Waals surface area contributed by atoms with Crippen molar-refractivity contribution in [2.24, 2.45) is 5.73 Å². The lowest BCUT2D eigenvalue weighted by Crippen LogP contribution is -2.22. The van der Waals surface area contributed by atoms with Gasteiger partial charge in [0.15, 0.2) is 5.78 Å². The van der Waals surface area contributed by atoms with Gasteiger partial charge in [0.1, 0.15) is 0 Å². The summed E-state index contributed by atoms with van der Waals surface area (Å²) in [5, 5.41) is 0. The van der Waals surface area contributed by atoms with Crippen LogP contribution in [0.25, 0.3) is 0 Å². The Bertz CT molecular complexity index is 439. The number of hydrogen-bond acceptors (Lipinski definition) is 2. The van der Waals surface area contributed by atoms with Gasteiger partial charge in [0.2, 0.25) is 0 Å². The molecule has 0 aliphatic heterocycles. The molecule has 2 nitrogen and oxygen atoms in total. The van der Waals surface area contributed by atoms with E-state index in [9.17, 15) is 4.79 Å². The van der Waals surface area contributed by atoms with Crippen molar-refractivity contribution in [3.63, 3.8) is 0 Å². The maximum atomic E-state index is 12.0. The van der Waals surface area contributed by atoms with Gasteiger partial charge in [-0.25, -0.2) is 0 Å². The zero-order valence-corrected chi connectivity index (χ0v) is 9.54. The fourth-order valence-corrected chi connectivity index (χ4v) is 1.97. The molecule has 86 valence electrons. The average Bonchev–Trinajstić information content (AvgIpc) is 2.41. The molecule has 0 bridgehead atoms. The van der Waals surface area contributed by atoms with Crippen molar-refractivity contribution < 1.29 is 4.79 Å². The Morgan fingerprint density at radius 1 is 0.882 bits per heavy atom. The topological polar surface area (TPSA) is 43.1 Å². The molecule has 2 aromatic rings. The van der Waals surface area contributed by atoms with Crippen molar-refractivity contribution in [1.82, 2.24) is 0 Å². The third kappa shape index (κ3) is 2.60. The fourth-order valence-electron chi connectivity index (χ4n) is 1.97. The zero-order valence-electron chi connectivity index (χ0n) is 9.54. The largest absolute Gasteiger partial charge is 0.324 e. The van der Waals surface area contributed by atoms with E-state index in [1.165, 1.54) is 0 Å². The summed E-state index contributed by atoms with van der Waals surface area (Å²) in [5.74, 6) is -0.204. The summed E-state index contributed by atoms with van der Waals surface area (Å²) in [6.45, 7) is 0.0639. The molecule has 2 N–H and O–H groups in total. The van der Waals surface area contributed by atoms with E-state index < -0.39 is 0 Å². The fraction of sp³-hybridized carbons (Fsp3) is 0.133. The predicted octanol–water partition coefficient (Wildman–Crippen LogP) is 2.35. The first-order valence-corrected chi connectivity index (χ1v) is 5.65. The number of carbonyl (C=O) groups excluding carboxylic acids is 1. The van der Waals surface area contributed by atoms with Crippen LogP contribution in [-0.4, -0.2) is 12.3 Å². The number of Topliss-reactive ketones (excluding diaryl/α,β-unsaturated/α-hetero) is 1. The summed E-state index contributed by atoms with van der Waals surface area (Å²) in [4.78, 5) is 12.0. The number of benzene rings is 2. The van der Waals surface area contributed by atoms with Crippen molar-refractivity contribution in [3.05, 3.63) is 71.8 Å². The highest BCUT2D eigenvalue weighted by Crippen LogP contribution is 2.24. The highest BCUT2D eigenvalue weighted by Gasteiger charge is 2.20. The van der Waals surface area contributed by atoms with Gasteiger partial charge in [-0.05, 0) is 11.1 Å². The van der Waals surface area contributed by atoms with Gasteiger partial charge in [0.25, 0.3) is 0 Å². The molecule has 0 aliphatic carbocycles. The Morgan fingerprint density at radius 3 is 1.65 bits per heavy atom. The van der Waals surface area contributed by atoms with Crippen LogP contribution in [0, 0.1) is 0 Å². The van der Waals surface area contributed by atoms with Gasteiger partial charge in [-0.15, -0.1) is 0 Å². The van der Waals surface area contributed by atoms with Crippen LogP contribution in [0.15, 0.2) is 60.7 Å². The summed E-state index contributed by atoms with van der Waals surface area (Å²) < 4.78 is 0. The van der Waals surface area contributed by atoms with Gasteiger partial charge < -0.3 is 5.73 Å². The van der Waals surface area contributed by atoms with Crippen molar-refractivity contribution in [1.29, 1.82) is 0 Å². The summed E-state index contributed by atoms with van der Waals surface area (Å²) in [6, 6.07) is 19.5. The van der Waals surface area contributed by atoms with Crippen LogP contribution in [-0.2, 0) is 4.79 Å². The smallest absolute Gasteiger partial charge is 0.158 e. The normalized spacial score (nSPS) is 10.5. The standard InChI is InChI=1S/C15H15NO/c16-11-14(17)15(12-7-3-1-4-8-12)13-9-5-2-6-10-13/h1-10,15H,11,16H2. The van der Waals surface area contributed by atoms with Gasteiger partial charge in [0.05, 0.1) is 12.5 Å². The van der Waals surface area contributed by atoms with E-state index in [0.29, 0.717) is 0 Å². The van der Waals surface area contributed by atoms with E-state index in [0.717, 1.165) is 11.1 Å². The van der Waals surface area contributed by atoms with E-state index in [4.69, 9.17) is 5.73 Å². The first-order valence-electron chi connectivity index (χ1n) is 5.65. The molecule has 0 unspecified atom stereocenters. The molecular weight excluding hydrogens is 210 g/mol. The summed E-state index contributed by atoms with van der Waals surface area (Å²) in [6.07, 6.45) is 0. The Balaban J connectivity index is 2.43. The summed E-state index contributed by atoms with van der Waals surface area (Å²) in [7, 11) is 0. The lowest BCUT2D eigenvalue weighted by molar-refractivity contribution is -0.118. The molecule has 0 atom stereocenters. The van der Waals surface area contributed by atoms with Crippen LogP contribution >= 0.6 is 0 Å². The third-order valence-electron chi connectivity index (χ3n) is 2.79. The molecular formula is C15H15NO. The number of rotatable bonds is 4. The van der Waals surface area contributed by atoms with Crippen molar-refractivity contribution >= 4 is 5.78 Å². The van der Waals surface area contributed by atoms with Crippen LogP contribution in [0.3, 0.4) is 0 Å². The van der Waals surface area contributed by atoms with E-state index in [1.54, 1.807) is 0 Å². The highest BCUT2D eigenvalue weighted by molar-refractivity contribution is 5.90. The van der Waals surface area contributed by atoms with E-state index in [-0.39, 0.29) is 18.2 Å². The Labute approximate surface area is 101 Å². The second-order valence-electron chi connectivity index (χ2n) is 3.92. The second kappa shape index (κ2) is 5.41. The molecule has 0 saturated carbocycles. The van der Waals surface area contributed by atoms with Gasteiger partial charge in [-0.2, -0.15) is 0 Å². The maximum Gasteiger partial charge on any atom is 0.158 e. The molecule has 0 aromatic heterocycles. The van der Waals surface area contributed by atoms with Crippen molar-refractivity contribution in [3.8, 4) is 0 Å². The highest BCUT2D eigenvalue weighted by atomic mass is 16.1. The van der Waals surface area contributed by atoms with E-state index in [2.05, 4.69) is 0 Å². The third-order valence-corrected chi connectivity index (χ3v) is 2.79. The van der Waals surface area contributed by atoms with Crippen LogP contribution in [0.5, 0.6) is 0 Å². The average molecular weight is 225 g/mol. The maximum absolute atomic E-state index is 12.0. The molecule has 17 heavy (non-hydrogen) atoms. The first kappa shape index (κ1) is 11.6. The van der Waals surface area contributed by atoms with Crippen LogP contribution in [0.4, 0.5) is 0 Å². The van der Waals surface area contributed by atoms with Crippen LogP contribution in [0.2, 0.25) is 0 Å². The molecule has 0 heterocycles. The SMILES string of the molecule is NCC(=O)C(c1ccccc1)c1ccccc1. The Morgan fingerprint density at radius 2 is 1.29 bits per heavy atom. The quantitative estimate of drug-likeness (QED) is 0.868. The Kier molecular flexibility index (Phi) is 3.68.